The zero-order valence-electron chi connectivity index (χ0n) is 15.7. The number of nitro benzene ring substituents is 1. The third-order valence-corrected chi connectivity index (χ3v) is 5.16. The Morgan fingerprint density at radius 3 is 2.44 bits per heavy atom. The highest BCUT2D eigenvalue weighted by Gasteiger charge is 2.23. The van der Waals surface area contributed by atoms with Gasteiger partial charge in [-0.2, -0.15) is 0 Å². The van der Waals surface area contributed by atoms with E-state index >= 15 is 0 Å². The Hall–Kier alpha value is -2.93. The summed E-state index contributed by atoms with van der Waals surface area (Å²) in [6.07, 6.45) is 0. The topological polar surface area (TPSA) is 79.9 Å². The molecule has 0 radical (unpaired) electrons. The molecule has 2 aromatic rings. The van der Waals surface area contributed by atoms with Crippen LogP contribution in [0.1, 0.15) is 11.1 Å². The molecule has 1 fully saturated rings. The molecule has 0 aromatic heterocycles. The maximum Gasteiger partial charge on any atom is 0.279 e. The lowest BCUT2D eigenvalue weighted by Gasteiger charge is -2.34. The molecule has 0 unspecified atom stereocenters. The maximum atomic E-state index is 12.3. The Bertz CT molecular complexity index is 828. The fourth-order valence-electron chi connectivity index (χ4n) is 3.42. The number of nitro groups is 1. The van der Waals surface area contributed by atoms with Gasteiger partial charge in [0.05, 0.1) is 31.1 Å². The SMILES string of the molecule is Cc1cccc(N2CC[NH+](CC(=O)Nc3ccc([N+](=O)[O-])cc3)CC2)c1C. The lowest BCUT2D eigenvalue weighted by atomic mass is 10.1. The first-order chi connectivity index (χ1) is 12.9. The van der Waals surface area contributed by atoms with Crippen LogP contribution in [-0.2, 0) is 4.79 Å². The minimum Gasteiger partial charge on any atom is -0.360 e. The van der Waals surface area contributed by atoms with Crippen LogP contribution < -0.4 is 15.1 Å². The number of carbonyl (C=O) groups excluding carboxylic acids is 1. The number of piperazine rings is 1. The molecule has 2 N–H and O–H groups in total. The van der Waals surface area contributed by atoms with E-state index in [0.29, 0.717) is 12.2 Å². The van der Waals surface area contributed by atoms with Gasteiger partial charge in [0.2, 0.25) is 0 Å². The molecule has 1 amide bonds. The second-order valence-electron chi connectivity index (χ2n) is 6.99. The summed E-state index contributed by atoms with van der Waals surface area (Å²) in [4.78, 5) is 26.1. The highest BCUT2D eigenvalue weighted by molar-refractivity contribution is 5.91. The average Bonchev–Trinajstić information content (AvgIpc) is 2.65. The molecule has 0 aliphatic carbocycles. The van der Waals surface area contributed by atoms with Gasteiger partial charge in [-0.1, -0.05) is 12.1 Å². The van der Waals surface area contributed by atoms with Crippen LogP contribution in [0.15, 0.2) is 42.5 Å². The van der Waals surface area contributed by atoms with Crippen molar-refractivity contribution in [2.45, 2.75) is 13.8 Å². The van der Waals surface area contributed by atoms with E-state index in [1.165, 1.54) is 33.8 Å². The van der Waals surface area contributed by atoms with Gasteiger partial charge in [0, 0.05) is 23.5 Å². The highest BCUT2D eigenvalue weighted by Crippen LogP contribution is 2.22. The van der Waals surface area contributed by atoms with E-state index in [1.807, 2.05) is 0 Å². The molecule has 1 aliphatic rings. The van der Waals surface area contributed by atoms with Gasteiger partial charge < -0.3 is 15.1 Å². The number of quaternary nitrogens is 1. The molecule has 1 saturated heterocycles. The van der Waals surface area contributed by atoms with E-state index in [9.17, 15) is 14.9 Å². The number of rotatable bonds is 5. The molecule has 3 rings (SSSR count). The van der Waals surface area contributed by atoms with E-state index in [1.54, 1.807) is 12.1 Å². The van der Waals surface area contributed by atoms with Crippen LogP contribution in [0, 0.1) is 24.0 Å². The van der Waals surface area contributed by atoms with E-state index in [4.69, 9.17) is 0 Å². The Morgan fingerprint density at radius 1 is 1.15 bits per heavy atom. The zero-order valence-corrected chi connectivity index (χ0v) is 15.7. The summed E-state index contributed by atoms with van der Waals surface area (Å²) in [6.45, 7) is 8.33. The van der Waals surface area contributed by atoms with Crippen molar-refractivity contribution >= 4 is 23.0 Å². The third kappa shape index (κ3) is 4.62. The van der Waals surface area contributed by atoms with Gasteiger partial charge >= 0.3 is 0 Å². The molecule has 1 heterocycles. The maximum absolute atomic E-state index is 12.3. The number of hydrogen-bond acceptors (Lipinski definition) is 4. The minimum atomic E-state index is -0.453. The van der Waals surface area contributed by atoms with Crippen molar-refractivity contribution in [3.8, 4) is 0 Å². The van der Waals surface area contributed by atoms with E-state index in [0.717, 1.165) is 26.2 Å². The summed E-state index contributed by atoms with van der Waals surface area (Å²) < 4.78 is 0. The quantitative estimate of drug-likeness (QED) is 0.619. The van der Waals surface area contributed by atoms with Crippen molar-refractivity contribution in [1.29, 1.82) is 0 Å². The van der Waals surface area contributed by atoms with Crippen molar-refractivity contribution in [2.75, 3.05) is 42.9 Å². The molecule has 1 aliphatic heterocycles. The van der Waals surface area contributed by atoms with Crippen LogP contribution in [0.5, 0.6) is 0 Å². The Balaban J connectivity index is 1.50. The lowest BCUT2D eigenvalue weighted by molar-refractivity contribution is -0.892. The Labute approximate surface area is 158 Å². The molecule has 0 bridgehead atoms. The molecule has 0 atom stereocenters. The van der Waals surface area contributed by atoms with E-state index in [2.05, 4.69) is 42.3 Å². The van der Waals surface area contributed by atoms with Gasteiger partial charge in [-0.05, 0) is 43.2 Å². The van der Waals surface area contributed by atoms with E-state index in [-0.39, 0.29) is 11.6 Å². The number of aryl methyl sites for hydroxylation is 1. The average molecular weight is 369 g/mol. The molecule has 2 aromatic carbocycles. The van der Waals surface area contributed by atoms with Crippen molar-refractivity contribution in [3.05, 3.63) is 63.7 Å². The molecule has 7 nitrogen and oxygen atoms in total. The lowest BCUT2D eigenvalue weighted by Crippen LogP contribution is -3.15. The predicted molar refractivity (Wildman–Crippen MR) is 105 cm³/mol. The number of benzene rings is 2. The summed E-state index contributed by atoms with van der Waals surface area (Å²) in [5, 5.41) is 13.5. The largest absolute Gasteiger partial charge is 0.360 e. The van der Waals surface area contributed by atoms with Gasteiger partial charge in [-0.25, -0.2) is 0 Å². The second-order valence-corrected chi connectivity index (χ2v) is 6.99. The summed E-state index contributed by atoms with van der Waals surface area (Å²) in [7, 11) is 0. The number of amides is 1. The smallest absolute Gasteiger partial charge is 0.279 e. The third-order valence-electron chi connectivity index (χ3n) is 5.16. The molecular weight excluding hydrogens is 344 g/mol. The Kier molecular flexibility index (Phi) is 5.71. The summed E-state index contributed by atoms with van der Waals surface area (Å²) in [6, 6.07) is 12.3. The van der Waals surface area contributed by atoms with Crippen LogP contribution in [0.4, 0.5) is 17.1 Å². The van der Waals surface area contributed by atoms with Gasteiger partial charge in [0.15, 0.2) is 6.54 Å². The number of hydrogen-bond donors (Lipinski definition) is 2. The summed E-state index contributed by atoms with van der Waals surface area (Å²) >= 11 is 0. The number of nitrogens with zero attached hydrogens (tertiary/aromatic N) is 2. The number of nitrogens with one attached hydrogen (secondary N) is 2. The molecule has 142 valence electrons. The number of non-ortho nitro benzene ring substituents is 1. The predicted octanol–water partition coefficient (Wildman–Crippen LogP) is 1.56. The normalized spacial score (nSPS) is 14.8. The highest BCUT2D eigenvalue weighted by atomic mass is 16.6. The van der Waals surface area contributed by atoms with Gasteiger partial charge in [-0.15, -0.1) is 0 Å². The molecule has 0 saturated carbocycles. The molecule has 7 heteroatoms. The zero-order chi connectivity index (χ0) is 19.4. The van der Waals surface area contributed by atoms with Crippen LogP contribution in [0.25, 0.3) is 0 Å². The molecule has 27 heavy (non-hydrogen) atoms. The standard InChI is InChI=1S/C20H24N4O3/c1-15-4-3-5-19(16(15)2)23-12-10-22(11-13-23)14-20(25)21-17-6-8-18(9-7-17)24(26)27/h3-9H,10-14H2,1-2H3,(H,21,25)/p+1. The first-order valence-corrected chi connectivity index (χ1v) is 9.13. The van der Waals surface area contributed by atoms with Crippen LogP contribution in [0.3, 0.4) is 0 Å². The number of anilines is 2. The van der Waals surface area contributed by atoms with Crippen molar-refractivity contribution in [3.63, 3.8) is 0 Å². The van der Waals surface area contributed by atoms with E-state index < -0.39 is 4.92 Å². The minimum absolute atomic E-state index is 0.0150. The monoisotopic (exact) mass is 369 g/mol. The van der Waals surface area contributed by atoms with Crippen molar-refractivity contribution in [2.24, 2.45) is 0 Å². The molecular formula is C20H25N4O3+. The van der Waals surface area contributed by atoms with Crippen molar-refractivity contribution in [1.82, 2.24) is 0 Å². The van der Waals surface area contributed by atoms with Crippen LogP contribution >= 0.6 is 0 Å². The summed E-state index contributed by atoms with van der Waals surface area (Å²) in [5.41, 5.74) is 4.49. The second kappa shape index (κ2) is 8.18. The fourth-order valence-corrected chi connectivity index (χ4v) is 3.42. The fraction of sp³-hybridized carbons (Fsp3) is 0.350. The number of carbonyl (C=O) groups is 1. The van der Waals surface area contributed by atoms with Crippen molar-refractivity contribution < 1.29 is 14.6 Å². The van der Waals surface area contributed by atoms with Crippen LogP contribution in [0.2, 0.25) is 0 Å². The van der Waals surface area contributed by atoms with Gasteiger partial charge in [0.1, 0.15) is 0 Å². The Morgan fingerprint density at radius 2 is 1.81 bits per heavy atom. The van der Waals surface area contributed by atoms with Gasteiger partial charge in [0.25, 0.3) is 11.6 Å². The summed E-state index contributed by atoms with van der Waals surface area (Å²) in [5.74, 6) is -0.0703. The first kappa shape index (κ1) is 18.8. The molecule has 0 spiro atoms. The first-order valence-electron chi connectivity index (χ1n) is 9.13. The van der Waals surface area contributed by atoms with Crippen LogP contribution in [-0.4, -0.2) is 43.6 Å². The van der Waals surface area contributed by atoms with Gasteiger partial charge in [-0.3, -0.25) is 14.9 Å².